The van der Waals surface area contributed by atoms with Crippen LogP contribution in [0.3, 0.4) is 0 Å². The molecule has 4 nitrogen and oxygen atoms in total. The van der Waals surface area contributed by atoms with E-state index in [-0.39, 0.29) is 5.91 Å². The van der Waals surface area contributed by atoms with E-state index in [2.05, 4.69) is 73.8 Å². The molecule has 0 unspecified atom stereocenters. The first-order valence-electron chi connectivity index (χ1n) is 11.6. The number of nitrogens with two attached hydrogens (primary N) is 1. The van der Waals surface area contributed by atoms with E-state index >= 15 is 0 Å². The average molecular weight is 478 g/mol. The highest BCUT2D eigenvalue weighted by Crippen LogP contribution is 2.41. The summed E-state index contributed by atoms with van der Waals surface area (Å²) >= 11 is 1.34. The normalized spacial score (nSPS) is 11.1. The van der Waals surface area contributed by atoms with Gasteiger partial charge in [-0.15, -0.1) is 11.3 Å². The Bertz CT molecular complexity index is 1540. The summed E-state index contributed by atoms with van der Waals surface area (Å²) in [5.74, 6) is -0.212. The number of hydrogen-bond donors (Lipinski definition) is 2. The number of carbonyl (C=O) groups excluding carboxylic acids is 1. The molecule has 0 bridgehead atoms. The molecule has 2 heterocycles. The van der Waals surface area contributed by atoms with Gasteiger partial charge in [0.15, 0.2) is 0 Å². The van der Waals surface area contributed by atoms with Gasteiger partial charge in [0.05, 0.1) is 11.4 Å². The van der Waals surface area contributed by atoms with Crippen LogP contribution in [0.2, 0.25) is 0 Å². The van der Waals surface area contributed by atoms with Crippen LogP contribution in [0.25, 0.3) is 32.6 Å². The number of nitrogens with zero attached hydrogens (tertiary/aromatic N) is 1. The number of aryl methyl sites for hydroxylation is 4. The van der Waals surface area contributed by atoms with Gasteiger partial charge in [-0.25, -0.2) is 4.98 Å². The lowest BCUT2D eigenvalue weighted by Gasteiger charge is -2.12. The van der Waals surface area contributed by atoms with Crippen molar-refractivity contribution in [2.45, 2.75) is 27.7 Å². The number of rotatable bonds is 4. The maximum atomic E-state index is 13.4. The Hall–Kier alpha value is -3.96. The van der Waals surface area contributed by atoms with Gasteiger partial charge in [-0.1, -0.05) is 77.9 Å². The molecule has 2 aromatic heterocycles. The highest BCUT2D eigenvalue weighted by Gasteiger charge is 2.22. The fourth-order valence-corrected chi connectivity index (χ4v) is 5.57. The third-order valence-corrected chi connectivity index (χ3v) is 7.35. The molecule has 5 aromatic rings. The van der Waals surface area contributed by atoms with Crippen molar-refractivity contribution in [3.63, 3.8) is 0 Å². The van der Waals surface area contributed by atoms with Gasteiger partial charge in [-0.2, -0.15) is 0 Å². The fraction of sp³-hybridized carbons (Fsp3) is 0.133. The molecule has 0 aliphatic carbocycles. The maximum absolute atomic E-state index is 13.4. The Labute approximate surface area is 209 Å². The van der Waals surface area contributed by atoms with Crippen LogP contribution < -0.4 is 11.1 Å². The maximum Gasteiger partial charge on any atom is 0.267 e. The summed E-state index contributed by atoms with van der Waals surface area (Å²) in [4.78, 5) is 19.6. The van der Waals surface area contributed by atoms with Crippen molar-refractivity contribution in [1.29, 1.82) is 0 Å². The third-order valence-electron chi connectivity index (χ3n) is 6.25. The van der Waals surface area contributed by atoms with Crippen molar-refractivity contribution < 1.29 is 4.79 Å². The molecule has 174 valence electrons. The predicted molar refractivity (Wildman–Crippen MR) is 148 cm³/mol. The number of anilines is 2. The van der Waals surface area contributed by atoms with Crippen molar-refractivity contribution in [2.24, 2.45) is 0 Å². The number of nitrogen functional groups attached to an aromatic ring is 1. The van der Waals surface area contributed by atoms with Gasteiger partial charge >= 0.3 is 0 Å². The Kier molecular flexibility index (Phi) is 5.87. The summed E-state index contributed by atoms with van der Waals surface area (Å²) in [6.45, 7) is 8.13. The summed E-state index contributed by atoms with van der Waals surface area (Å²) in [6, 6.07) is 24.6. The van der Waals surface area contributed by atoms with Crippen LogP contribution in [0, 0.1) is 27.7 Å². The van der Waals surface area contributed by atoms with Crippen molar-refractivity contribution in [3.05, 3.63) is 99.9 Å². The second kappa shape index (κ2) is 9.01. The van der Waals surface area contributed by atoms with Gasteiger partial charge in [0, 0.05) is 16.6 Å². The Morgan fingerprint density at radius 1 is 0.829 bits per heavy atom. The van der Waals surface area contributed by atoms with E-state index in [9.17, 15) is 4.79 Å². The van der Waals surface area contributed by atoms with Gasteiger partial charge in [0.2, 0.25) is 0 Å². The summed E-state index contributed by atoms with van der Waals surface area (Å²) in [5, 5.41) is 3.92. The van der Waals surface area contributed by atoms with E-state index in [4.69, 9.17) is 10.7 Å². The van der Waals surface area contributed by atoms with E-state index in [0.717, 1.165) is 49.4 Å². The molecule has 0 fully saturated rings. The number of benzene rings is 3. The van der Waals surface area contributed by atoms with E-state index in [0.29, 0.717) is 10.6 Å². The zero-order valence-corrected chi connectivity index (χ0v) is 21.1. The minimum atomic E-state index is -0.212. The molecule has 1 amide bonds. The third kappa shape index (κ3) is 4.31. The number of fused-ring (bicyclic) bond motifs is 1. The van der Waals surface area contributed by atoms with Crippen LogP contribution >= 0.6 is 11.3 Å². The van der Waals surface area contributed by atoms with E-state index in [1.165, 1.54) is 22.5 Å². The highest BCUT2D eigenvalue weighted by atomic mass is 32.1. The number of pyridine rings is 1. The van der Waals surface area contributed by atoms with Gasteiger partial charge in [0.25, 0.3) is 5.91 Å². The summed E-state index contributed by atoms with van der Waals surface area (Å²) in [5.41, 5.74) is 16.3. The Balaban J connectivity index is 1.66. The average Bonchev–Trinajstić information content (AvgIpc) is 3.18. The summed E-state index contributed by atoms with van der Waals surface area (Å²) in [6.07, 6.45) is 0. The fourth-order valence-electron chi connectivity index (χ4n) is 4.55. The van der Waals surface area contributed by atoms with Crippen molar-refractivity contribution >= 4 is 38.8 Å². The van der Waals surface area contributed by atoms with Crippen LogP contribution in [0.4, 0.5) is 11.4 Å². The highest BCUT2D eigenvalue weighted by molar-refractivity contribution is 7.21. The molecule has 5 heteroatoms. The molecule has 35 heavy (non-hydrogen) atoms. The van der Waals surface area contributed by atoms with Gasteiger partial charge in [-0.05, 0) is 56.0 Å². The van der Waals surface area contributed by atoms with Crippen molar-refractivity contribution in [3.8, 4) is 22.4 Å². The molecular weight excluding hydrogens is 450 g/mol. The summed E-state index contributed by atoms with van der Waals surface area (Å²) < 4.78 is 0. The quantitative estimate of drug-likeness (QED) is 0.279. The van der Waals surface area contributed by atoms with Crippen molar-refractivity contribution in [1.82, 2.24) is 4.98 Å². The smallest absolute Gasteiger partial charge is 0.267 e. The molecule has 0 spiro atoms. The molecule has 3 N–H and O–H groups in total. The number of aromatic nitrogens is 1. The number of carbonyl (C=O) groups is 1. The van der Waals surface area contributed by atoms with Crippen LogP contribution in [-0.2, 0) is 0 Å². The van der Waals surface area contributed by atoms with E-state index < -0.39 is 0 Å². The molecule has 0 saturated heterocycles. The largest absolute Gasteiger partial charge is 0.397 e. The Morgan fingerprint density at radius 3 is 2.14 bits per heavy atom. The predicted octanol–water partition coefficient (Wildman–Crippen LogP) is 7.70. The zero-order valence-electron chi connectivity index (χ0n) is 20.3. The van der Waals surface area contributed by atoms with Crippen molar-refractivity contribution in [2.75, 3.05) is 11.1 Å². The lowest BCUT2D eigenvalue weighted by molar-refractivity contribution is 0.103. The summed E-state index contributed by atoms with van der Waals surface area (Å²) in [7, 11) is 0. The second-order valence-electron chi connectivity index (χ2n) is 9.04. The molecule has 0 aliphatic heterocycles. The number of nitrogens with one attached hydrogen (secondary N) is 1. The standard InChI is InChI=1S/C30H27N3OS/c1-17-10-12-22(13-11-17)24-16-23(21-8-6-5-7-9-21)25-26(31)28(35-30(25)32-24)29(34)33-27-19(3)14-18(2)15-20(27)4/h5-16H,31H2,1-4H3,(H,33,34). The van der Waals surface area contributed by atoms with Crippen LogP contribution in [0.5, 0.6) is 0 Å². The Morgan fingerprint density at radius 2 is 1.49 bits per heavy atom. The molecule has 0 aliphatic rings. The molecule has 5 rings (SSSR count). The van der Waals surface area contributed by atoms with E-state index in [1.807, 2.05) is 32.0 Å². The van der Waals surface area contributed by atoms with Crippen LogP contribution in [0.15, 0.2) is 72.8 Å². The molecular formula is C30H27N3OS. The molecule has 0 radical (unpaired) electrons. The minimum absolute atomic E-state index is 0.212. The zero-order chi connectivity index (χ0) is 24.7. The molecule has 3 aromatic carbocycles. The first kappa shape index (κ1) is 22.8. The van der Waals surface area contributed by atoms with Crippen LogP contribution in [0.1, 0.15) is 31.9 Å². The molecule has 0 saturated carbocycles. The van der Waals surface area contributed by atoms with Gasteiger partial charge < -0.3 is 11.1 Å². The second-order valence-corrected chi connectivity index (χ2v) is 10.0. The molecule has 0 atom stereocenters. The SMILES string of the molecule is Cc1ccc(-c2cc(-c3ccccc3)c3c(N)c(C(=O)Nc4c(C)cc(C)cc4C)sc3n2)cc1. The number of hydrogen-bond acceptors (Lipinski definition) is 4. The van der Waals surface area contributed by atoms with Crippen LogP contribution in [-0.4, -0.2) is 10.9 Å². The van der Waals surface area contributed by atoms with Gasteiger partial charge in [-0.3, -0.25) is 4.79 Å². The van der Waals surface area contributed by atoms with E-state index in [1.54, 1.807) is 0 Å². The first-order valence-corrected chi connectivity index (χ1v) is 12.4. The van der Waals surface area contributed by atoms with Gasteiger partial charge in [0.1, 0.15) is 9.71 Å². The minimum Gasteiger partial charge on any atom is -0.397 e. The topological polar surface area (TPSA) is 68.0 Å². The lowest BCUT2D eigenvalue weighted by atomic mass is 9.99. The monoisotopic (exact) mass is 477 g/mol. The number of amides is 1. The lowest BCUT2D eigenvalue weighted by Crippen LogP contribution is -2.14. The number of thiophene rings is 1. The first-order chi connectivity index (χ1) is 16.8.